The predicted molar refractivity (Wildman–Crippen MR) is 257 cm³/mol. The zero-order chi connectivity index (χ0) is 52.4. The number of hydrogen-bond donors (Lipinski definition) is 4. The first-order valence-corrected chi connectivity index (χ1v) is 27.0. The fourth-order valence-electron chi connectivity index (χ4n) is 10.9. The molecule has 0 aliphatic carbocycles. The molecule has 21 heteroatoms. The number of aryl methyl sites for hydroxylation is 1. The van der Waals surface area contributed by atoms with E-state index in [1.165, 1.54) is 26.2 Å². The summed E-state index contributed by atoms with van der Waals surface area (Å²) in [5, 5.41) is 55.3. The number of carbonyl (C=O) groups is 2. The summed E-state index contributed by atoms with van der Waals surface area (Å²) in [5.41, 5.74) is -3.54. The average Bonchev–Trinajstić information content (AvgIpc) is 3.97. The fraction of sp³-hybridized carbons (Fsp3) is 0.800. The third-order valence-corrected chi connectivity index (χ3v) is 16.7. The zero-order valence-corrected chi connectivity index (χ0v) is 44.3. The maximum absolute atomic E-state index is 14.4. The van der Waals surface area contributed by atoms with E-state index in [9.17, 15) is 38.4 Å². The first kappa shape index (κ1) is 57.1. The van der Waals surface area contributed by atoms with Crippen LogP contribution in [-0.2, 0) is 65.5 Å². The Labute approximate surface area is 418 Å². The minimum absolute atomic E-state index is 0.0141. The Morgan fingerprint density at radius 2 is 1.65 bits per heavy atom. The van der Waals surface area contributed by atoms with Gasteiger partial charge in [0.1, 0.15) is 35.4 Å². The van der Waals surface area contributed by atoms with Gasteiger partial charge < -0.3 is 63.2 Å². The van der Waals surface area contributed by atoms with E-state index in [4.69, 9.17) is 37.9 Å². The monoisotopic (exact) mass is 1020 g/mol. The molecule has 0 unspecified atom stereocenters. The SMILES string of the molecule is CC[C@H]1OC(=O)[C@H](C)[C@@H](O[C@H]2C[C@@](C)(OC)[C@@H](O)[C@H](C)O2)[C@H](C)[C@@H](O[C@@H]2O[C@H](C)C[C@H](N(C)CCc3cn(CCCOc4ccc(S(C)(=O)=O)cc4)nn3)[C@H]2O)[C@@]2(C)C[C@@H](CO2)C(=O)[C@H](C)[C@@H](O)[C@]1(C)O. The van der Waals surface area contributed by atoms with Crippen LogP contribution >= 0.6 is 0 Å². The standard InChI is InChI=1S/C50H80N4O16S/c1-13-38-50(9,60)43(57)29(3)40(55)33-24-49(8,65-27-33)45(30(4)42(31(5)46(59)68-38)69-39-25-48(7,63-11)44(58)32(6)67-39)70-47-41(56)37(23-28(2)66-47)53(10)21-19-34-26-54(52-51-34)20-14-22-64-35-15-17-36(18-16-35)71(12,61)62/h15-18,26,28-33,37-39,41-45,47,56-58,60H,13-14,19-25,27H2,1-12H3/t28-,29+,30+,31-,32+,33+,37+,38-,39+,41-,42+,43-,44+,45-,47+,48-,49-,50-/m1/s1. The Hall–Kier alpha value is -3.19. The van der Waals surface area contributed by atoms with E-state index >= 15 is 0 Å². The lowest BCUT2D eigenvalue weighted by Crippen LogP contribution is -2.61. The van der Waals surface area contributed by atoms with Crippen molar-refractivity contribution in [3.63, 3.8) is 0 Å². The number of Topliss-reactive ketones (excluding diaryl/α,β-unsaturated/α-hetero) is 1. The molecule has 18 atom stereocenters. The number of ketones is 1. The molecule has 4 aliphatic rings. The summed E-state index contributed by atoms with van der Waals surface area (Å²) in [5.74, 6) is -4.06. The van der Waals surface area contributed by atoms with Crippen LogP contribution in [0.4, 0.5) is 0 Å². The van der Waals surface area contributed by atoms with E-state index in [-0.39, 0.29) is 42.7 Å². The van der Waals surface area contributed by atoms with E-state index in [1.807, 2.05) is 38.9 Å². The quantitative estimate of drug-likeness (QED) is 0.139. The zero-order valence-electron chi connectivity index (χ0n) is 43.5. The number of nitrogens with zero attached hydrogens (tertiary/aromatic N) is 4. The minimum Gasteiger partial charge on any atom is -0.494 e. The number of methoxy groups -OCH3 is 1. The van der Waals surface area contributed by atoms with Gasteiger partial charge in [-0.1, -0.05) is 26.0 Å². The Balaban J connectivity index is 1.21. The van der Waals surface area contributed by atoms with Crippen molar-refractivity contribution >= 4 is 21.6 Å². The lowest BCUT2D eigenvalue weighted by Gasteiger charge is -2.49. The number of aliphatic hydroxyl groups is 4. The summed E-state index contributed by atoms with van der Waals surface area (Å²) in [4.78, 5) is 30.9. The average molecular weight is 1030 g/mol. The third kappa shape index (κ3) is 13.0. The van der Waals surface area contributed by atoms with Crippen molar-refractivity contribution in [3.8, 4) is 5.75 Å². The number of likely N-dealkylation sites (N-methyl/N-ethyl adjacent to an activating group) is 1. The topological polar surface area (TPSA) is 257 Å². The van der Waals surface area contributed by atoms with Crippen LogP contribution in [0.1, 0.15) is 100 Å². The summed E-state index contributed by atoms with van der Waals surface area (Å²) in [6.45, 7) is 16.7. The summed E-state index contributed by atoms with van der Waals surface area (Å²) in [6, 6.07) is 5.86. The van der Waals surface area contributed by atoms with Crippen LogP contribution in [0.3, 0.4) is 0 Å². The first-order chi connectivity index (χ1) is 33.2. The highest BCUT2D eigenvalue weighted by Gasteiger charge is 2.56. The molecule has 0 saturated carbocycles. The van der Waals surface area contributed by atoms with Gasteiger partial charge in [-0.3, -0.25) is 14.3 Å². The molecule has 4 fully saturated rings. The molecule has 2 aromatic rings. The lowest BCUT2D eigenvalue weighted by molar-refractivity contribution is -0.317. The summed E-state index contributed by atoms with van der Waals surface area (Å²) in [7, 11) is 0.116. The molecule has 6 rings (SSSR count). The number of hydrogen-bond acceptors (Lipinski definition) is 19. The van der Waals surface area contributed by atoms with Crippen LogP contribution in [0.25, 0.3) is 0 Å². The number of aromatic nitrogens is 3. The van der Waals surface area contributed by atoms with Crippen molar-refractivity contribution in [2.45, 2.75) is 197 Å². The molecule has 4 aliphatic heterocycles. The second-order valence-electron chi connectivity index (χ2n) is 21.2. The molecule has 5 heterocycles. The molecule has 0 spiro atoms. The highest BCUT2D eigenvalue weighted by Crippen LogP contribution is 2.44. The molecule has 402 valence electrons. The molecule has 71 heavy (non-hydrogen) atoms. The van der Waals surface area contributed by atoms with Crippen molar-refractivity contribution in [3.05, 3.63) is 36.2 Å². The van der Waals surface area contributed by atoms with Crippen molar-refractivity contribution in [2.24, 2.45) is 23.7 Å². The lowest BCUT2D eigenvalue weighted by atomic mass is 9.75. The van der Waals surface area contributed by atoms with Crippen molar-refractivity contribution < 1.29 is 76.3 Å². The maximum Gasteiger partial charge on any atom is 0.311 e. The summed E-state index contributed by atoms with van der Waals surface area (Å²) in [6.07, 6.45) is -5.21. The summed E-state index contributed by atoms with van der Waals surface area (Å²) < 4.78 is 75.9. The second-order valence-corrected chi connectivity index (χ2v) is 23.2. The number of benzene rings is 1. The number of rotatable bonds is 16. The molecule has 1 aromatic carbocycles. The molecule has 20 nitrogen and oxygen atoms in total. The number of carbonyl (C=O) groups excluding carboxylic acids is 2. The normalized spacial score (nSPS) is 39.8. The first-order valence-electron chi connectivity index (χ1n) is 25.1. The van der Waals surface area contributed by atoms with E-state index in [0.29, 0.717) is 44.7 Å². The number of sulfone groups is 1. The Morgan fingerprint density at radius 1 is 0.958 bits per heavy atom. The van der Waals surface area contributed by atoms with E-state index in [2.05, 4.69) is 10.3 Å². The summed E-state index contributed by atoms with van der Waals surface area (Å²) >= 11 is 0. The van der Waals surface area contributed by atoms with Crippen molar-refractivity contribution in [2.75, 3.05) is 40.2 Å². The van der Waals surface area contributed by atoms with Crippen LogP contribution < -0.4 is 4.74 Å². The Kier molecular flexibility index (Phi) is 18.6. The van der Waals surface area contributed by atoms with Gasteiger partial charge in [0, 0.05) is 75.7 Å². The van der Waals surface area contributed by atoms with Crippen molar-refractivity contribution in [1.29, 1.82) is 0 Å². The van der Waals surface area contributed by atoms with Crippen molar-refractivity contribution in [1.82, 2.24) is 19.9 Å². The molecular formula is C50H80N4O16S. The number of esters is 1. The van der Waals surface area contributed by atoms with Crippen LogP contribution in [0, 0.1) is 23.7 Å². The number of cyclic esters (lactones) is 1. The second kappa shape index (κ2) is 23.1. The number of ether oxygens (including phenoxy) is 8. The minimum atomic E-state index is -3.30. The molecule has 4 saturated heterocycles. The van der Waals surface area contributed by atoms with Gasteiger partial charge in [-0.2, -0.15) is 0 Å². The molecule has 0 radical (unpaired) electrons. The van der Waals surface area contributed by atoms with E-state index < -0.39 is 118 Å². The predicted octanol–water partition coefficient (Wildman–Crippen LogP) is 2.88. The van der Waals surface area contributed by atoms with Gasteiger partial charge in [0.2, 0.25) is 0 Å². The van der Waals surface area contributed by atoms with Crippen LogP contribution in [0.15, 0.2) is 35.4 Å². The number of fused-ring (bicyclic) bond motifs is 2. The fourth-order valence-corrected chi connectivity index (χ4v) is 11.5. The maximum atomic E-state index is 14.4. The van der Waals surface area contributed by atoms with Gasteiger partial charge in [0.25, 0.3) is 0 Å². The van der Waals surface area contributed by atoms with Gasteiger partial charge in [0.15, 0.2) is 22.4 Å². The van der Waals surface area contributed by atoms with Gasteiger partial charge in [-0.15, -0.1) is 5.10 Å². The van der Waals surface area contributed by atoms with Gasteiger partial charge in [0.05, 0.1) is 71.4 Å². The van der Waals surface area contributed by atoms with Gasteiger partial charge in [-0.25, -0.2) is 8.42 Å². The third-order valence-electron chi connectivity index (χ3n) is 15.5. The molecule has 2 bridgehead atoms. The van der Waals surface area contributed by atoms with Gasteiger partial charge in [-0.05, 0) is 92.1 Å². The highest BCUT2D eigenvalue weighted by atomic mass is 32.2. The molecule has 0 amide bonds. The van der Waals surface area contributed by atoms with Crippen LogP contribution in [-0.4, -0.2) is 185 Å². The molecule has 4 N–H and O–H groups in total. The van der Waals surface area contributed by atoms with Gasteiger partial charge >= 0.3 is 5.97 Å². The Bertz CT molecular complexity index is 2200. The van der Waals surface area contributed by atoms with Crippen LogP contribution in [0.5, 0.6) is 5.75 Å². The van der Waals surface area contributed by atoms with E-state index in [0.717, 1.165) is 11.9 Å². The molecule has 1 aromatic heterocycles. The molecular weight excluding hydrogens is 945 g/mol. The highest BCUT2D eigenvalue weighted by molar-refractivity contribution is 7.90. The number of aliphatic hydroxyl groups excluding tert-OH is 3. The van der Waals surface area contributed by atoms with E-state index in [1.54, 1.807) is 51.4 Å². The largest absolute Gasteiger partial charge is 0.494 e. The van der Waals surface area contributed by atoms with Crippen LogP contribution in [0.2, 0.25) is 0 Å². The smallest absolute Gasteiger partial charge is 0.311 e. The Morgan fingerprint density at radius 3 is 2.30 bits per heavy atom.